The van der Waals surface area contributed by atoms with Crippen molar-refractivity contribution in [1.82, 2.24) is 19.8 Å². The lowest BCUT2D eigenvalue weighted by molar-refractivity contribution is -0.137. The van der Waals surface area contributed by atoms with Gasteiger partial charge in [0.05, 0.1) is 11.3 Å². The van der Waals surface area contributed by atoms with Crippen molar-refractivity contribution in [2.45, 2.75) is 25.9 Å². The Bertz CT molecular complexity index is 878. The van der Waals surface area contributed by atoms with E-state index in [1.165, 1.54) is 12.1 Å². The predicted molar refractivity (Wildman–Crippen MR) is 102 cm³/mol. The third-order valence-corrected chi connectivity index (χ3v) is 5.56. The summed E-state index contributed by atoms with van der Waals surface area (Å²) in [4.78, 5) is 26.7. The van der Waals surface area contributed by atoms with Gasteiger partial charge in [0.25, 0.3) is 5.91 Å². The van der Waals surface area contributed by atoms with E-state index in [9.17, 15) is 22.8 Å². The highest BCUT2D eigenvalue weighted by Gasteiger charge is 2.30. The molecule has 0 atom stereocenters. The summed E-state index contributed by atoms with van der Waals surface area (Å²) < 4.78 is 42.0. The van der Waals surface area contributed by atoms with Crippen LogP contribution in [0, 0.1) is 12.8 Å². The number of aromatic nitrogens is 2. The summed E-state index contributed by atoms with van der Waals surface area (Å²) >= 11 is 1.08. The number of hydrogen-bond donors (Lipinski definition) is 2. The van der Waals surface area contributed by atoms with Gasteiger partial charge in [-0.3, -0.25) is 4.79 Å². The quantitative estimate of drug-likeness (QED) is 0.781. The number of amides is 3. The van der Waals surface area contributed by atoms with Crippen LogP contribution in [0.4, 0.5) is 23.7 Å². The Kier molecular flexibility index (Phi) is 6.36. The average molecular weight is 427 g/mol. The number of piperidine rings is 1. The number of nitrogens with zero attached hydrogens (tertiary/aromatic N) is 3. The molecule has 1 aliphatic rings. The highest BCUT2D eigenvalue weighted by atomic mass is 32.1. The summed E-state index contributed by atoms with van der Waals surface area (Å²) in [6.45, 7) is 3.26. The van der Waals surface area contributed by atoms with Crippen LogP contribution in [0.25, 0.3) is 0 Å². The van der Waals surface area contributed by atoms with E-state index in [0.717, 1.165) is 36.5 Å². The third kappa shape index (κ3) is 5.43. The zero-order chi connectivity index (χ0) is 21.0. The summed E-state index contributed by atoms with van der Waals surface area (Å²) in [7, 11) is 0. The van der Waals surface area contributed by atoms with Crippen LogP contribution in [-0.2, 0) is 6.18 Å². The van der Waals surface area contributed by atoms with Crippen LogP contribution in [0.5, 0.6) is 0 Å². The minimum absolute atomic E-state index is 0.0753. The van der Waals surface area contributed by atoms with Crippen LogP contribution in [0.1, 0.15) is 33.8 Å². The first-order valence-corrected chi connectivity index (χ1v) is 9.81. The van der Waals surface area contributed by atoms with Gasteiger partial charge >= 0.3 is 12.2 Å². The molecule has 0 spiro atoms. The Morgan fingerprint density at radius 3 is 2.62 bits per heavy atom. The first kappa shape index (κ1) is 21.0. The van der Waals surface area contributed by atoms with Gasteiger partial charge in [-0.2, -0.15) is 13.2 Å². The summed E-state index contributed by atoms with van der Waals surface area (Å²) in [6.07, 6.45) is -3.02. The number of likely N-dealkylation sites (tertiary alicyclic amines) is 1. The highest BCUT2D eigenvalue weighted by molar-refractivity contribution is 7.07. The zero-order valence-electron chi connectivity index (χ0n) is 15.6. The molecule has 3 amide bonds. The number of nitrogens with one attached hydrogen (secondary N) is 2. The number of halogens is 3. The van der Waals surface area contributed by atoms with Crippen LogP contribution in [0.15, 0.2) is 24.3 Å². The lowest BCUT2D eigenvalue weighted by Gasteiger charge is -2.31. The smallest absolute Gasteiger partial charge is 0.338 e. The Labute approximate surface area is 169 Å². The normalized spacial score (nSPS) is 15.2. The molecule has 0 saturated carbocycles. The van der Waals surface area contributed by atoms with E-state index in [-0.39, 0.29) is 17.5 Å². The number of anilines is 1. The monoisotopic (exact) mass is 427 g/mol. The number of rotatable bonds is 4. The highest BCUT2D eigenvalue weighted by Crippen LogP contribution is 2.30. The van der Waals surface area contributed by atoms with Crippen molar-refractivity contribution in [3.63, 3.8) is 0 Å². The molecule has 0 radical (unpaired) electrons. The summed E-state index contributed by atoms with van der Waals surface area (Å²) in [5.74, 6) is 0.109. The molecule has 2 heterocycles. The first-order chi connectivity index (χ1) is 13.7. The molecule has 1 saturated heterocycles. The lowest BCUT2D eigenvalue weighted by atomic mass is 9.96. The molecule has 11 heteroatoms. The number of carbonyl (C=O) groups excluding carboxylic acids is 2. The van der Waals surface area contributed by atoms with Gasteiger partial charge in [0.15, 0.2) is 0 Å². The van der Waals surface area contributed by atoms with Crippen molar-refractivity contribution in [2.24, 2.45) is 5.92 Å². The van der Waals surface area contributed by atoms with Gasteiger partial charge in [-0.05, 0) is 55.4 Å². The maximum absolute atomic E-state index is 12.7. The fourth-order valence-corrected chi connectivity index (χ4v) is 3.72. The molecular weight excluding hydrogens is 407 g/mol. The minimum Gasteiger partial charge on any atom is -0.338 e. The van der Waals surface area contributed by atoms with Gasteiger partial charge in [0.2, 0.25) is 0 Å². The van der Waals surface area contributed by atoms with Crippen LogP contribution in [-0.4, -0.2) is 46.1 Å². The van der Waals surface area contributed by atoms with Crippen molar-refractivity contribution in [3.8, 4) is 0 Å². The molecule has 3 rings (SSSR count). The molecule has 1 aromatic heterocycles. The molecule has 1 aromatic carbocycles. The van der Waals surface area contributed by atoms with Crippen LogP contribution in [0.3, 0.4) is 0 Å². The molecule has 2 aromatic rings. The summed E-state index contributed by atoms with van der Waals surface area (Å²) in [6, 6.07) is 3.91. The van der Waals surface area contributed by atoms with Crippen molar-refractivity contribution in [1.29, 1.82) is 0 Å². The molecule has 0 unspecified atom stereocenters. The summed E-state index contributed by atoms with van der Waals surface area (Å²) in [5.41, 5.74) is -0.125. The predicted octanol–water partition coefficient (Wildman–Crippen LogP) is 3.54. The van der Waals surface area contributed by atoms with Gasteiger partial charge in [0, 0.05) is 25.3 Å². The van der Waals surface area contributed by atoms with Crippen molar-refractivity contribution in [3.05, 3.63) is 40.4 Å². The second kappa shape index (κ2) is 8.76. The SMILES string of the molecule is Cc1nnsc1C(=O)N1CCC(CNC(=O)Nc2cccc(C(F)(F)F)c2)CC1. The standard InChI is InChI=1S/C18H20F3N5O2S/c1-11-15(29-25-24-11)16(27)26-7-5-12(6-8-26)10-22-17(28)23-14-4-2-3-13(9-14)18(19,20)21/h2-4,9,12H,5-8,10H2,1H3,(H2,22,23,28). The Balaban J connectivity index is 1.44. The van der Waals surface area contributed by atoms with E-state index in [4.69, 9.17) is 0 Å². The topological polar surface area (TPSA) is 87.2 Å². The number of urea groups is 1. The average Bonchev–Trinajstić information content (AvgIpc) is 3.12. The van der Waals surface area contributed by atoms with Crippen LogP contribution >= 0.6 is 11.5 Å². The molecule has 29 heavy (non-hydrogen) atoms. The number of hydrogen-bond acceptors (Lipinski definition) is 5. The van der Waals surface area contributed by atoms with Gasteiger partial charge in [-0.15, -0.1) is 5.10 Å². The molecule has 2 N–H and O–H groups in total. The molecule has 0 aliphatic carbocycles. The van der Waals surface area contributed by atoms with E-state index in [2.05, 4.69) is 20.2 Å². The fourth-order valence-electron chi connectivity index (χ4n) is 3.10. The lowest BCUT2D eigenvalue weighted by Crippen LogP contribution is -2.42. The van der Waals surface area contributed by atoms with E-state index in [0.29, 0.717) is 30.2 Å². The van der Waals surface area contributed by atoms with Gasteiger partial charge in [-0.1, -0.05) is 10.6 Å². The fraction of sp³-hybridized carbons (Fsp3) is 0.444. The number of carbonyl (C=O) groups is 2. The largest absolute Gasteiger partial charge is 0.416 e. The molecule has 1 fully saturated rings. The molecule has 0 bridgehead atoms. The summed E-state index contributed by atoms with van der Waals surface area (Å²) in [5, 5.41) is 8.96. The second-order valence-electron chi connectivity index (χ2n) is 6.84. The first-order valence-electron chi connectivity index (χ1n) is 9.04. The van der Waals surface area contributed by atoms with Gasteiger partial charge < -0.3 is 15.5 Å². The van der Waals surface area contributed by atoms with Crippen molar-refractivity contribution < 1.29 is 22.8 Å². The van der Waals surface area contributed by atoms with Crippen molar-refractivity contribution in [2.75, 3.05) is 25.0 Å². The zero-order valence-corrected chi connectivity index (χ0v) is 16.4. The van der Waals surface area contributed by atoms with Crippen molar-refractivity contribution >= 4 is 29.2 Å². The number of benzene rings is 1. The Hall–Kier alpha value is -2.69. The van der Waals surface area contributed by atoms with E-state index < -0.39 is 17.8 Å². The molecule has 156 valence electrons. The van der Waals surface area contributed by atoms with Crippen LogP contribution in [0.2, 0.25) is 0 Å². The van der Waals surface area contributed by atoms with Gasteiger partial charge in [0.1, 0.15) is 4.88 Å². The minimum atomic E-state index is -4.46. The van der Waals surface area contributed by atoms with Gasteiger partial charge in [-0.25, -0.2) is 4.79 Å². The van der Waals surface area contributed by atoms with Crippen LogP contribution < -0.4 is 10.6 Å². The van der Waals surface area contributed by atoms with E-state index >= 15 is 0 Å². The molecule has 1 aliphatic heterocycles. The number of aryl methyl sites for hydroxylation is 1. The van der Waals surface area contributed by atoms with E-state index in [1.807, 2.05) is 0 Å². The maximum atomic E-state index is 12.7. The Morgan fingerprint density at radius 1 is 1.28 bits per heavy atom. The van der Waals surface area contributed by atoms with E-state index in [1.54, 1.807) is 11.8 Å². The maximum Gasteiger partial charge on any atom is 0.416 e. The second-order valence-corrected chi connectivity index (χ2v) is 7.59. The Morgan fingerprint density at radius 2 is 2.00 bits per heavy atom. The molecular formula is C18H20F3N5O2S. The number of alkyl halides is 3. The molecule has 7 nitrogen and oxygen atoms in total. The third-order valence-electron chi connectivity index (χ3n) is 4.75.